The van der Waals surface area contributed by atoms with Gasteiger partial charge in [-0.1, -0.05) is 27.2 Å². The van der Waals surface area contributed by atoms with E-state index in [0.29, 0.717) is 17.6 Å². The first-order valence-electron chi connectivity index (χ1n) is 8.25. The molecular weight excluding hydrogens is 236 g/mol. The molecule has 112 valence electrons. The first-order chi connectivity index (χ1) is 9.18. The van der Waals surface area contributed by atoms with Crippen LogP contribution in [0.3, 0.4) is 0 Å². The van der Waals surface area contributed by atoms with Gasteiger partial charge in [0.15, 0.2) is 0 Å². The summed E-state index contributed by atoms with van der Waals surface area (Å²) in [5.74, 6) is 0. The second-order valence-electron chi connectivity index (χ2n) is 6.72. The summed E-state index contributed by atoms with van der Waals surface area (Å²) in [7, 11) is 0. The molecule has 1 saturated heterocycles. The SMILES string of the molecule is CCCC(C)(CNCC)CN1CCOC2CCCC21. The van der Waals surface area contributed by atoms with E-state index < -0.39 is 0 Å². The summed E-state index contributed by atoms with van der Waals surface area (Å²) in [5, 5.41) is 3.57. The monoisotopic (exact) mass is 268 g/mol. The van der Waals surface area contributed by atoms with Gasteiger partial charge in [-0.15, -0.1) is 0 Å². The zero-order chi connectivity index (χ0) is 13.7. The first kappa shape index (κ1) is 15.3. The van der Waals surface area contributed by atoms with E-state index in [9.17, 15) is 0 Å². The summed E-state index contributed by atoms with van der Waals surface area (Å²) in [6, 6.07) is 0.701. The molecule has 0 aromatic heterocycles. The van der Waals surface area contributed by atoms with Crippen LogP contribution in [0.15, 0.2) is 0 Å². The number of ether oxygens (including phenoxy) is 1. The van der Waals surface area contributed by atoms with Crippen LogP contribution >= 0.6 is 0 Å². The maximum absolute atomic E-state index is 5.93. The molecule has 1 aliphatic heterocycles. The Kier molecular flexibility index (Phi) is 5.67. The number of nitrogens with one attached hydrogen (secondary N) is 1. The van der Waals surface area contributed by atoms with Crippen molar-refractivity contribution in [2.24, 2.45) is 5.41 Å². The molecule has 1 saturated carbocycles. The van der Waals surface area contributed by atoms with E-state index in [1.807, 2.05) is 0 Å². The highest BCUT2D eigenvalue weighted by molar-refractivity contribution is 4.92. The van der Waals surface area contributed by atoms with Gasteiger partial charge in [-0.2, -0.15) is 0 Å². The fourth-order valence-electron chi connectivity index (χ4n) is 3.95. The lowest BCUT2D eigenvalue weighted by Gasteiger charge is -2.43. The van der Waals surface area contributed by atoms with E-state index in [0.717, 1.165) is 26.2 Å². The molecule has 2 rings (SSSR count). The number of fused-ring (bicyclic) bond motifs is 1. The Morgan fingerprint density at radius 1 is 1.32 bits per heavy atom. The van der Waals surface area contributed by atoms with Crippen molar-refractivity contribution in [1.82, 2.24) is 10.2 Å². The molecule has 0 radical (unpaired) electrons. The largest absolute Gasteiger partial charge is 0.375 e. The average Bonchev–Trinajstić information content (AvgIpc) is 2.86. The molecular formula is C16H32N2O. The number of morpholine rings is 1. The summed E-state index contributed by atoms with van der Waals surface area (Å²) in [6.07, 6.45) is 7.09. The molecule has 19 heavy (non-hydrogen) atoms. The van der Waals surface area contributed by atoms with Crippen molar-refractivity contribution in [1.29, 1.82) is 0 Å². The van der Waals surface area contributed by atoms with Crippen LogP contribution in [0.5, 0.6) is 0 Å². The minimum absolute atomic E-state index is 0.412. The van der Waals surface area contributed by atoms with Gasteiger partial charge < -0.3 is 10.1 Å². The molecule has 1 N–H and O–H groups in total. The van der Waals surface area contributed by atoms with E-state index in [2.05, 4.69) is 31.0 Å². The molecule has 0 bridgehead atoms. The number of hydrogen-bond acceptors (Lipinski definition) is 3. The maximum Gasteiger partial charge on any atom is 0.0730 e. The van der Waals surface area contributed by atoms with Gasteiger partial charge >= 0.3 is 0 Å². The van der Waals surface area contributed by atoms with E-state index in [1.165, 1.54) is 38.6 Å². The van der Waals surface area contributed by atoms with Crippen LogP contribution in [-0.4, -0.2) is 49.8 Å². The van der Waals surface area contributed by atoms with Crippen molar-refractivity contribution in [2.75, 3.05) is 32.8 Å². The number of nitrogens with zero attached hydrogens (tertiary/aromatic N) is 1. The lowest BCUT2D eigenvalue weighted by molar-refractivity contribution is -0.0679. The van der Waals surface area contributed by atoms with Crippen LogP contribution in [0.2, 0.25) is 0 Å². The third-order valence-corrected chi connectivity index (χ3v) is 4.84. The Labute approximate surface area is 119 Å². The minimum Gasteiger partial charge on any atom is -0.375 e. The zero-order valence-electron chi connectivity index (χ0n) is 13.1. The summed E-state index contributed by atoms with van der Waals surface area (Å²) < 4.78 is 5.93. The van der Waals surface area contributed by atoms with Crippen molar-refractivity contribution in [2.45, 2.75) is 65.0 Å². The molecule has 0 aromatic rings. The molecule has 3 atom stereocenters. The summed E-state index contributed by atoms with van der Waals surface area (Å²) in [4.78, 5) is 2.73. The van der Waals surface area contributed by atoms with Gasteiger partial charge in [0, 0.05) is 25.7 Å². The second kappa shape index (κ2) is 7.05. The van der Waals surface area contributed by atoms with Gasteiger partial charge in [-0.25, -0.2) is 0 Å². The van der Waals surface area contributed by atoms with Gasteiger partial charge in [0.2, 0.25) is 0 Å². The highest BCUT2D eigenvalue weighted by Crippen LogP contribution is 2.33. The molecule has 3 nitrogen and oxygen atoms in total. The Hall–Kier alpha value is -0.120. The summed E-state index contributed by atoms with van der Waals surface area (Å²) >= 11 is 0. The van der Waals surface area contributed by atoms with Gasteiger partial charge in [0.1, 0.15) is 0 Å². The quantitative estimate of drug-likeness (QED) is 0.768. The van der Waals surface area contributed by atoms with Crippen LogP contribution in [0.25, 0.3) is 0 Å². The molecule has 0 aromatic carbocycles. The smallest absolute Gasteiger partial charge is 0.0730 e. The predicted molar refractivity (Wildman–Crippen MR) is 80.5 cm³/mol. The Morgan fingerprint density at radius 3 is 2.89 bits per heavy atom. The van der Waals surface area contributed by atoms with Crippen LogP contribution in [0.1, 0.15) is 52.9 Å². The van der Waals surface area contributed by atoms with Crippen molar-refractivity contribution < 1.29 is 4.74 Å². The molecule has 0 amide bonds. The van der Waals surface area contributed by atoms with Gasteiger partial charge in [0.05, 0.1) is 12.7 Å². The normalized spacial score (nSPS) is 31.1. The zero-order valence-corrected chi connectivity index (χ0v) is 13.1. The fraction of sp³-hybridized carbons (Fsp3) is 1.00. The van der Waals surface area contributed by atoms with Gasteiger partial charge in [0.25, 0.3) is 0 Å². The lowest BCUT2D eigenvalue weighted by atomic mass is 9.84. The van der Waals surface area contributed by atoms with Crippen molar-refractivity contribution >= 4 is 0 Å². The molecule has 3 heteroatoms. The first-order valence-corrected chi connectivity index (χ1v) is 8.25. The molecule has 2 aliphatic rings. The summed E-state index contributed by atoms with van der Waals surface area (Å²) in [5.41, 5.74) is 0.412. The third-order valence-electron chi connectivity index (χ3n) is 4.84. The Balaban J connectivity index is 1.95. The van der Waals surface area contributed by atoms with Crippen LogP contribution in [0.4, 0.5) is 0 Å². The van der Waals surface area contributed by atoms with Gasteiger partial charge in [-0.05, 0) is 37.6 Å². The minimum atomic E-state index is 0.412. The topological polar surface area (TPSA) is 24.5 Å². The molecule has 1 heterocycles. The molecule has 3 unspecified atom stereocenters. The predicted octanol–water partition coefficient (Wildman–Crippen LogP) is 2.66. The molecule has 2 fully saturated rings. The van der Waals surface area contributed by atoms with Crippen molar-refractivity contribution in [3.05, 3.63) is 0 Å². The molecule has 0 spiro atoms. The highest BCUT2D eigenvalue weighted by atomic mass is 16.5. The number of hydrogen-bond donors (Lipinski definition) is 1. The summed E-state index contributed by atoms with van der Waals surface area (Å²) in [6.45, 7) is 12.5. The standard InChI is InChI=1S/C16H32N2O/c1-4-9-16(3,12-17-5-2)13-18-10-11-19-15-8-6-7-14(15)18/h14-15,17H,4-13H2,1-3H3. The number of rotatable bonds is 7. The Morgan fingerprint density at radius 2 is 2.16 bits per heavy atom. The van der Waals surface area contributed by atoms with Gasteiger partial charge in [-0.3, -0.25) is 4.90 Å². The third kappa shape index (κ3) is 3.93. The van der Waals surface area contributed by atoms with E-state index >= 15 is 0 Å². The maximum atomic E-state index is 5.93. The average molecular weight is 268 g/mol. The second-order valence-corrected chi connectivity index (χ2v) is 6.72. The molecule has 1 aliphatic carbocycles. The van der Waals surface area contributed by atoms with Crippen molar-refractivity contribution in [3.63, 3.8) is 0 Å². The van der Waals surface area contributed by atoms with Crippen molar-refractivity contribution in [3.8, 4) is 0 Å². The van der Waals surface area contributed by atoms with Crippen LogP contribution < -0.4 is 5.32 Å². The highest BCUT2D eigenvalue weighted by Gasteiger charge is 2.38. The van der Waals surface area contributed by atoms with Crippen LogP contribution in [-0.2, 0) is 4.74 Å². The van der Waals surface area contributed by atoms with E-state index in [4.69, 9.17) is 4.74 Å². The van der Waals surface area contributed by atoms with E-state index in [1.54, 1.807) is 0 Å². The Bertz CT molecular complexity index is 271. The fourth-order valence-corrected chi connectivity index (χ4v) is 3.95. The lowest BCUT2D eigenvalue weighted by Crippen LogP contribution is -2.53. The van der Waals surface area contributed by atoms with E-state index in [-0.39, 0.29) is 0 Å². The van der Waals surface area contributed by atoms with Crippen LogP contribution in [0, 0.1) is 5.41 Å².